The van der Waals surface area contributed by atoms with Gasteiger partial charge >= 0.3 is 10.1 Å². The topological polar surface area (TPSA) is 123 Å². The maximum Gasteiger partial charge on any atom is 0.301 e. The molecule has 1 heterocycles. The SMILES string of the molecule is CC1=[NH+]c2c(cc(S(=O)(=O)O)cc2S(=O)(=O)O)C1(C)C. The number of fused-ring (bicyclic) bond motifs is 1. The summed E-state index contributed by atoms with van der Waals surface area (Å²) in [6.07, 6.45) is 0. The first-order valence-corrected chi connectivity index (χ1v) is 8.47. The Kier molecular flexibility index (Phi) is 3.10. The predicted octanol–water partition coefficient (Wildman–Crippen LogP) is -0.356. The summed E-state index contributed by atoms with van der Waals surface area (Å²) in [5, 5.41) is 0. The third-order valence-corrected chi connectivity index (χ3v) is 5.28. The van der Waals surface area contributed by atoms with Gasteiger partial charge < -0.3 is 0 Å². The van der Waals surface area contributed by atoms with Crippen molar-refractivity contribution in [2.24, 2.45) is 0 Å². The van der Waals surface area contributed by atoms with E-state index in [4.69, 9.17) is 4.55 Å². The van der Waals surface area contributed by atoms with Crippen LogP contribution in [-0.4, -0.2) is 31.7 Å². The van der Waals surface area contributed by atoms with Gasteiger partial charge in [0, 0.05) is 12.5 Å². The maximum atomic E-state index is 11.4. The van der Waals surface area contributed by atoms with Crippen molar-refractivity contribution in [2.75, 3.05) is 0 Å². The first-order chi connectivity index (χ1) is 8.85. The molecule has 20 heavy (non-hydrogen) atoms. The molecule has 2 rings (SSSR count). The van der Waals surface area contributed by atoms with Crippen molar-refractivity contribution in [1.82, 2.24) is 0 Å². The molecule has 9 heteroatoms. The Morgan fingerprint density at radius 3 is 2.05 bits per heavy atom. The van der Waals surface area contributed by atoms with Gasteiger partial charge in [-0.3, -0.25) is 9.11 Å². The minimum absolute atomic E-state index is 0.127. The Morgan fingerprint density at radius 1 is 1.05 bits per heavy atom. The van der Waals surface area contributed by atoms with Crippen LogP contribution in [0.3, 0.4) is 0 Å². The van der Waals surface area contributed by atoms with Gasteiger partial charge in [0.2, 0.25) is 5.69 Å². The normalized spacial score (nSPS) is 17.8. The van der Waals surface area contributed by atoms with Crippen LogP contribution in [0.2, 0.25) is 0 Å². The van der Waals surface area contributed by atoms with Gasteiger partial charge in [0.1, 0.15) is 0 Å². The van der Waals surface area contributed by atoms with E-state index in [0.29, 0.717) is 11.3 Å². The summed E-state index contributed by atoms with van der Waals surface area (Å²) in [6.45, 7) is 5.26. The van der Waals surface area contributed by atoms with Crippen LogP contribution in [0.15, 0.2) is 21.9 Å². The molecule has 0 atom stereocenters. The van der Waals surface area contributed by atoms with E-state index in [0.717, 1.165) is 6.07 Å². The quantitative estimate of drug-likeness (QED) is 0.640. The average Bonchev–Trinajstić information content (AvgIpc) is 2.46. The van der Waals surface area contributed by atoms with E-state index in [9.17, 15) is 21.4 Å². The molecule has 0 aliphatic carbocycles. The number of rotatable bonds is 2. The molecule has 110 valence electrons. The van der Waals surface area contributed by atoms with Gasteiger partial charge in [0.25, 0.3) is 10.1 Å². The van der Waals surface area contributed by atoms with Crippen LogP contribution in [0.4, 0.5) is 5.69 Å². The second-order valence-electron chi connectivity index (χ2n) is 5.17. The lowest BCUT2D eigenvalue weighted by atomic mass is 9.82. The van der Waals surface area contributed by atoms with Crippen LogP contribution in [0.25, 0.3) is 0 Å². The number of benzene rings is 1. The van der Waals surface area contributed by atoms with E-state index >= 15 is 0 Å². The Balaban J connectivity index is 2.95. The van der Waals surface area contributed by atoms with Gasteiger partial charge in [-0.15, -0.1) is 0 Å². The Labute approximate surface area is 116 Å². The average molecular weight is 320 g/mol. The molecule has 0 bridgehead atoms. The zero-order chi connectivity index (χ0) is 15.5. The zero-order valence-electron chi connectivity index (χ0n) is 11.0. The molecule has 0 unspecified atom stereocenters. The molecule has 0 radical (unpaired) electrons. The summed E-state index contributed by atoms with van der Waals surface area (Å²) in [4.78, 5) is 1.69. The molecule has 1 aromatic rings. The minimum atomic E-state index is -4.64. The molecule has 0 amide bonds. The highest BCUT2D eigenvalue weighted by Crippen LogP contribution is 2.37. The minimum Gasteiger partial charge on any atom is -0.282 e. The number of hydrogen-bond donors (Lipinski definition) is 3. The van der Waals surface area contributed by atoms with Crippen molar-refractivity contribution in [1.29, 1.82) is 0 Å². The largest absolute Gasteiger partial charge is 0.301 e. The fraction of sp³-hybridized carbons (Fsp3) is 0.364. The standard InChI is InChI=1S/C11H13NO6S2/c1-6-11(2,3)8-4-7(19(13,14)15)5-9(10(8)12-6)20(16,17)18/h4-5H,1-3H3,(H,13,14,15)(H,16,17,18)/p+1. The molecule has 1 aliphatic heterocycles. The highest BCUT2D eigenvalue weighted by Gasteiger charge is 2.43. The molecule has 0 aromatic heterocycles. The van der Waals surface area contributed by atoms with Crippen LogP contribution >= 0.6 is 0 Å². The monoisotopic (exact) mass is 320 g/mol. The van der Waals surface area contributed by atoms with Crippen LogP contribution < -0.4 is 4.99 Å². The lowest BCUT2D eigenvalue weighted by molar-refractivity contribution is -0.354. The smallest absolute Gasteiger partial charge is 0.282 e. The molecule has 3 N–H and O–H groups in total. The summed E-state index contributed by atoms with van der Waals surface area (Å²) in [5.74, 6) is 0. The van der Waals surface area contributed by atoms with Crippen molar-refractivity contribution >= 4 is 31.6 Å². The summed E-state index contributed by atoms with van der Waals surface area (Å²) >= 11 is 0. The van der Waals surface area contributed by atoms with Crippen molar-refractivity contribution in [2.45, 2.75) is 36.0 Å². The Morgan fingerprint density at radius 2 is 1.60 bits per heavy atom. The van der Waals surface area contributed by atoms with Crippen molar-refractivity contribution in [3.63, 3.8) is 0 Å². The van der Waals surface area contributed by atoms with Crippen LogP contribution in [-0.2, 0) is 25.7 Å². The van der Waals surface area contributed by atoms with Crippen LogP contribution in [0.1, 0.15) is 26.3 Å². The van der Waals surface area contributed by atoms with Gasteiger partial charge in [-0.25, -0.2) is 4.99 Å². The highest BCUT2D eigenvalue weighted by molar-refractivity contribution is 7.86. The molecule has 7 nitrogen and oxygen atoms in total. The summed E-state index contributed by atoms with van der Waals surface area (Å²) < 4.78 is 63.7. The fourth-order valence-electron chi connectivity index (χ4n) is 2.11. The molecule has 0 spiro atoms. The molecule has 1 aromatic carbocycles. The molecule has 0 saturated carbocycles. The van der Waals surface area contributed by atoms with Gasteiger partial charge in [-0.2, -0.15) is 16.8 Å². The fourth-order valence-corrected chi connectivity index (χ4v) is 3.41. The summed E-state index contributed by atoms with van der Waals surface area (Å²) in [6, 6.07) is 1.92. The third-order valence-electron chi connectivity index (χ3n) is 3.57. The maximum absolute atomic E-state index is 11.4. The van der Waals surface area contributed by atoms with E-state index in [1.165, 1.54) is 6.07 Å². The first kappa shape index (κ1) is 15.1. The van der Waals surface area contributed by atoms with E-state index in [2.05, 4.69) is 4.99 Å². The van der Waals surface area contributed by atoms with E-state index in [1.54, 1.807) is 20.8 Å². The Bertz CT molecular complexity index is 834. The number of nitrogens with one attached hydrogen (secondary N) is 1. The second-order valence-corrected chi connectivity index (χ2v) is 7.98. The second kappa shape index (κ2) is 4.10. The lowest BCUT2D eigenvalue weighted by Crippen LogP contribution is -2.65. The van der Waals surface area contributed by atoms with Gasteiger partial charge in [-0.05, 0) is 26.0 Å². The third kappa shape index (κ3) is 2.26. The molecule has 0 fully saturated rings. The number of hydrogen-bond acceptors (Lipinski definition) is 4. The molecule has 0 saturated heterocycles. The van der Waals surface area contributed by atoms with Gasteiger partial charge in [0.15, 0.2) is 10.6 Å². The van der Waals surface area contributed by atoms with E-state index in [1.807, 2.05) is 0 Å². The Hall–Kier alpha value is -1.29. The highest BCUT2D eigenvalue weighted by atomic mass is 32.2. The van der Waals surface area contributed by atoms with E-state index < -0.39 is 35.4 Å². The van der Waals surface area contributed by atoms with Crippen molar-refractivity contribution < 1.29 is 30.9 Å². The summed E-state index contributed by atoms with van der Waals surface area (Å²) in [7, 11) is -9.22. The molecular weight excluding hydrogens is 306 g/mol. The zero-order valence-corrected chi connectivity index (χ0v) is 12.6. The van der Waals surface area contributed by atoms with Crippen LogP contribution in [0, 0.1) is 0 Å². The van der Waals surface area contributed by atoms with Gasteiger partial charge in [-0.1, -0.05) is 0 Å². The first-order valence-electron chi connectivity index (χ1n) is 5.59. The molecular formula is C11H14NO6S2+. The summed E-state index contributed by atoms with van der Waals surface area (Å²) in [5.41, 5.74) is 0.556. The van der Waals surface area contributed by atoms with Crippen LogP contribution in [0.5, 0.6) is 0 Å². The van der Waals surface area contributed by atoms with Crippen molar-refractivity contribution in [3.05, 3.63) is 17.7 Å². The predicted molar refractivity (Wildman–Crippen MR) is 70.4 cm³/mol. The van der Waals surface area contributed by atoms with E-state index in [-0.39, 0.29) is 5.69 Å². The molecule has 1 aliphatic rings. The lowest BCUT2D eigenvalue weighted by Gasteiger charge is -2.16. The van der Waals surface area contributed by atoms with Crippen molar-refractivity contribution in [3.8, 4) is 0 Å². The van der Waals surface area contributed by atoms with Gasteiger partial charge in [0.05, 0.1) is 10.3 Å².